The molecule has 5 unspecified atom stereocenters. The summed E-state index contributed by atoms with van der Waals surface area (Å²) in [4.78, 5) is 2.82. The second kappa shape index (κ2) is 3.96. The first-order valence-electron chi connectivity index (χ1n) is 8.15. The summed E-state index contributed by atoms with van der Waals surface area (Å²) in [7, 11) is 0. The van der Waals surface area contributed by atoms with Gasteiger partial charge in [-0.15, -0.1) is 0 Å². The molecule has 0 aromatic heterocycles. The third-order valence-corrected chi connectivity index (χ3v) is 6.72. The summed E-state index contributed by atoms with van der Waals surface area (Å²) in [5.41, 5.74) is 0.413. The van der Waals surface area contributed by atoms with Gasteiger partial charge in [0.25, 0.3) is 0 Å². The molecule has 1 N–H and O–H groups in total. The van der Waals surface area contributed by atoms with Crippen LogP contribution in [0.4, 0.5) is 0 Å². The number of piperidine rings is 2. The molecule has 2 aliphatic carbocycles. The van der Waals surface area contributed by atoms with E-state index in [-0.39, 0.29) is 6.10 Å². The molecule has 2 nitrogen and oxygen atoms in total. The molecule has 0 aromatic carbocycles. The van der Waals surface area contributed by atoms with E-state index >= 15 is 0 Å². The zero-order valence-electron chi connectivity index (χ0n) is 11.6. The molecular formula is C16H27NO. The van der Waals surface area contributed by atoms with Crippen LogP contribution in [0.3, 0.4) is 0 Å². The highest BCUT2D eigenvalue weighted by Gasteiger charge is 2.61. The van der Waals surface area contributed by atoms with Crippen LogP contribution in [-0.4, -0.2) is 34.7 Å². The van der Waals surface area contributed by atoms with Gasteiger partial charge < -0.3 is 5.11 Å². The molecule has 2 aliphatic heterocycles. The summed E-state index contributed by atoms with van der Waals surface area (Å²) in [5.74, 6) is 3.20. The van der Waals surface area contributed by atoms with Gasteiger partial charge in [0, 0.05) is 11.5 Å². The lowest BCUT2D eigenvalue weighted by Gasteiger charge is -2.67. The summed E-state index contributed by atoms with van der Waals surface area (Å²) in [6.45, 7) is 5.06. The van der Waals surface area contributed by atoms with Crippen molar-refractivity contribution in [3.63, 3.8) is 0 Å². The average Bonchev–Trinajstić information content (AvgIpc) is 2.33. The molecule has 0 radical (unpaired) electrons. The number of aliphatic hydroxyl groups excluding tert-OH is 1. The van der Waals surface area contributed by atoms with E-state index in [1.54, 1.807) is 0 Å². The van der Waals surface area contributed by atoms with Gasteiger partial charge in [0.1, 0.15) is 0 Å². The fourth-order valence-corrected chi connectivity index (χ4v) is 6.43. The van der Waals surface area contributed by atoms with Crippen LogP contribution in [0.1, 0.15) is 51.9 Å². The van der Waals surface area contributed by atoms with E-state index < -0.39 is 0 Å². The minimum absolute atomic E-state index is 0.000324. The van der Waals surface area contributed by atoms with Gasteiger partial charge in [-0.25, -0.2) is 0 Å². The van der Waals surface area contributed by atoms with E-state index in [4.69, 9.17) is 0 Å². The van der Waals surface area contributed by atoms with Crippen LogP contribution in [0.5, 0.6) is 0 Å². The molecule has 2 bridgehead atoms. The highest BCUT2D eigenvalue weighted by atomic mass is 16.3. The maximum Gasteiger partial charge on any atom is 0.0589 e. The van der Waals surface area contributed by atoms with Gasteiger partial charge in [0.05, 0.1) is 6.10 Å². The highest BCUT2D eigenvalue weighted by Crippen LogP contribution is 2.60. The molecule has 4 aliphatic rings. The van der Waals surface area contributed by atoms with E-state index in [2.05, 4.69) is 11.8 Å². The topological polar surface area (TPSA) is 23.5 Å². The number of hydrogen-bond acceptors (Lipinski definition) is 2. The van der Waals surface area contributed by atoms with Crippen molar-refractivity contribution in [2.75, 3.05) is 13.1 Å². The van der Waals surface area contributed by atoms with Crippen molar-refractivity contribution in [2.24, 2.45) is 23.7 Å². The van der Waals surface area contributed by atoms with Gasteiger partial charge in [-0.3, -0.25) is 4.90 Å². The molecule has 4 fully saturated rings. The second-order valence-corrected chi connectivity index (χ2v) is 7.58. The van der Waals surface area contributed by atoms with E-state index in [0.29, 0.717) is 11.5 Å². The zero-order chi connectivity index (χ0) is 12.3. The van der Waals surface area contributed by atoms with Crippen molar-refractivity contribution in [1.82, 2.24) is 4.90 Å². The summed E-state index contributed by atoms with van der Waals surface area (Å²) in [6.07, 6.45) is 9.30. The van der Waals surface area contributed by atoms with E-state index in [1.165, 1.54) is 51.6 Å². The van der Waals surface area contributed by atoms with E-state index in [0.717, 1.165) is 24.2 Å². The van der Waals surface area contributed by atoms with Crippen LogP contribution in [0.25, 0.3) is 0 Å². The Balaban J connectivity index is 1.80. The largest absolute Gasteiger partial charge is 0.393 e. The number of aliphatic hydroxyl groups is 1. The lowest BCUT2D eigenvalue weighted by Crippen LogP contribution is -2.72. The SMILES string of the molecule is CC1CC2C[C@@H](O)C3CCCN4CCCC2C34C1. The summed E-state index contributed by atoms with van der Waals surface area (Å²) < 4.78 is 0. The van der Waals surface area contributed by atoms with Crippen LogP contribution >= 0.6 is 0 Å². The minimum Gasteiger partial charge on any atom is -0.393 e. The lowest BCUT2D eigenvalue weighted by atomic mass is 9.48. The van der Waals surface area contributed by atoms with Gasteiger partial charge >= 0.3 is 0 Å². The van der Waals surface area contributed by atoms with Crippen molar-refractivity contribution in [3.05, 3.63) is 0 Å². The van der Waals surface area contributed by atoms with Crippen molar-refractivity contribution in [1.29, 1.82) is 0 Å². The highest BCUT2D eigenvalue weighted by molar-refractivity contribution is 5.15. The smallest absolute Gasteiger partial charge is 0.0589 e. The molecule has 4 rings (SSSR count). The zero-order valence-corrected chi connectivity index (χ0v) is 11.6. The molecular weight excluding hydrogens is 222 g/mol. The molecule has 1 spiro atoms. The normalized spacial score (nSPS) is 56.0. The lowest BCUT2D eigenvalue weighted by molar-refractivity contribution is -0.194. The van der Waals surface area contributed by atoms with Crippen LogP contribution in [0, 0.1) is 23.7 Å². The van der Waals surface area contributed by atoms with Crippen LogP contribution in [-0.2, 0) is 0 Å². The quantitative estimate of drug-likeness (QED) is 0.713. The molecule has 2 heteroatoms. The Morgan fingerprint density at radius 2 is 1.78 bits per heavy atom. The summed E-state index contributed by atoms with van der Waals surface area (Å²) in [6, 6.07) is 0. The van der Waals surface area contributed by atoms with Crippen LogP contribution in [0.2, 0.25) is 0 Å². The Morgan fingerprint density at radius 3 is 2.56 bits per heavy atom. The van der Waals surface area contributed by atoms with Gasteiger partial charge in [-0.05, 0) is 75.8 Å². The van der Waals surface area contributed by atoms with Crippen molar-refractivity contribution in [2.45, 2.75) is 63.5 Å². The first-order chi connectivity index (χ1) is 8.72. The van der Waals surface area contributed by atoms with Gasteiger partial charge in [0.15, 0.2) is 0 Å². The Hall–Kier alpha value is -0.0800. The Labute approximate surface area is 111 Å². The predicted molar refractivity (Wildman–Crippen MR) is 72.3 cm³/mol. The number of nitrogens with zero attached hydrogens (tertiary/aromatic N) is 1. The Bertz CT molecular complexity index is 330. The molecule has 2 saturated carbocycles. The van der Waals surface area contributed by atoms with Crippen molar-refractivity contribution < 1.29 is 5.11 Å². The van der Waals surface area contributed by atoms with Crippen LogP contribution < -0.4 is 0 Å². The molecule has 2 saturated heterocycles. The van der Waals surface area contributed by atoms with Gasteiger partial charge in [-0.2, -0.15) is 0 Å². The van der Waals surface area contributed by atoms with Gasteiger partial charge in [0.2, 0.25) is 0 Å². The minimum atomic E-state index is -0.000324. The molecule has 0 amide bonds. The standard InChI is InChI=1S/C16H27NO/c1-11-8-12-9-15(18)14-5-3-7-17-6-2-4-13(12)16(14,17)10-11/h11-15,18H,2-10H2,1H3/t11?,12?,13?,14?,15-,16?/m1/s1. The first kappa shape index (κ1) is 11.7. The maximum absolute atomic E-state index is 10.6. The van der Waals surface area contributed by atoms with Crippen molar-refractivity contribution in [3.8, 4) is 0 Å². The monoisotopic (exact) mass is 249 g/mol. The molecule has 2 heterocycles. The van der Waals surface area contributed by atoms with Crippen LogP contribution in [0.15, 0.2) is 0 Å². The molecule has 18 heavy (non-hydrogen) atoms. The maximum atomic E-state index is 10.6. The van der Waals surface area contributed by atoms with Gasteiger partial charge in [-0.1, -0.05) is 6.92 Å². The fraction of sp³-hybridized carbons (Fsp3) is 1.00. The molecule has 0 aromatic rings. The third-order valence-electron chi connectivity index (χ3n) is 6.72. The van der Waals surface area contributed by atoms with Crippen molar-refractivity contribution >= 4 is 0 Å². The van der Waals surface area contributed by atoms with E-state index in [9.17, 15) is 5.11 Å². The molecule has 102 valence electrons. The predicted octanol–water partition coefficient (Wildman–Crippen LogP) is 2.66. The van der Waals surface area contributed by atoms with E-state index in [1.807, 2.05) is 0 Å². The molecule has 6 atom stereocenters. The Morgan fingerprint density at radius 1 is 1.06 bits per heavy atom. The third kappa shape index (κ3) is 1.37. The summed E-state index contributed by atoms with van der Waals surface area (Å²) in [5, 5.41) is 10.6. The average molecular weight is 249 g/mol. The summed E-state index contributed by atoms with van der Waals surface area (Å²) >= 11 is 0. The Kier molecular flexibility index (Phi) is 2.58. The number of rotatable bonds is 0. The fourth-order valence-electron chi connectivity index (χ4n) is 6.43. The number of hydrogen-bond donors (Lipinski definition) is 1. The first-order valence-corrected chi connectivity index (χ1v) is 8.15. The second-order valence-electron chi connectivity index (χ2n) is 7.58.